The van der Waals surface area contributed by atoms with Crippen molar-refractivity contribution in [2.24, 2.45) is 5.92 Å². The fourth-order valence-corrected chi connectivity index (χ4v) is 2.56. The molecule has 1 aliphatic rings. The molecule has 1 aromatic heterocycles. The fraction of sp³-hybridized carbons (Fsp3) is 0.429. The summed E-state index contributed by atoms with van der Waals surface area (Å²) in [6.45, 7) is 0.296. The minimum Gasteiger partial charge on any atom is -0.455 e. The van der Waals surface area contributed by atoms with E-state index in [1.165, 1.54) is 0 Å². The SMILES string of the molecule is O=C(COC(=O)[C@@H]1CC=CCC1)NCc1cccs1. The number of hydrogen-bond acceptors (Lipinski definition) is 4. The minimum atomic E-state index is -0.268. The van der Waals surface area contributed by atoms with Crippen LogP contribution in [0.4, 0.5) is 0 Å². The third-order valence-corrected chi connectivity index (χ3v) is 3.86. The largest absolute Gasteiger partial charge is 0.455 e. The van der Waals surface area contributed by atoms with Gasteiger partial charge in [-0.1, -0.05) is 18.2 Å². The number of allylic oxidation sites excluding steroid dienone is 2. The van der Waals surface area contributed by atoms with E-state index in [-0.39, 0.29) is 24.4 Å². The number of carbonyl (C=O) groups is 2. The molecular weight excluding hydrogens is 262 g/mol. The summed E-state index contributed by atoms with van der Waals surface area (Å²) in [4.78, 5) is 24.3. The van der Waals surface area contributed by atoms with Gasteiger partial charge in [-0.2, -0.15) is 0 Å². The van der Waals surface area contributed by atoms with Crippen molar-refractivity contribution >= 4 is 23.2 Å². The Bertz CT molecular complexity index is 453. The zero-order chi connectivity index (χ0) is 13.5. The highest BCUT2D eigenvalue weighted by atomic mass is 32.1. The molecule has 0 spiro atoms. The number of carbonyl (C=O) groups excluding carboxylic acids is 2. The molecule has 0 radical (unpaired) electrons. The highest BCUT2D eigenvalue weighted by Gasteiger charge is 2.20. The van der Waals surface area contributed by atoms with Gasteiger partial charge in [-0.3, -0.25) is 9.59 Å². The molecule has 0 aromatic carbocycles. The minimum absolute atomic E-state index is 0.0879. The maximum atomic E-state index is 11.7. The Hall–Kier alpha value is -1.62. The number of ether oxygens (including phenoxy) is 1. The summed E-state index contributed by atoms with van der Waals surface area (Å²) >= 11 is 1.58. The van der Waals surface area contributed by atoms with E-state index in [0.717, 1.165) is 24.1 Å². The van der Waals surface area contributed by atoms with Crippen LogP contribution in [0, 0.1) is 5.92 Å². The molecule has 19 heavy (non-hydrogen) atoms. The third kappa shape index (κ3) is 4.52. The molecule has 0 bridgehead atoms. The topological polar surface area (TPSA) is 55.4 Å². The van der Waals surface area contributed by atoms with Gasteiger partial charge in [0, 0.05) is 4.88 Å². The van der Waals surface area contributed by atoms with Crippen molar-refractivity contribution in [3.8, 4) is 0 Å². The van der Waals surface area contributed by atoms with Gasteiger partial charge in [-0.15, -0.1) is 11.3 Å². The molecule has 5 heteroatoms. The van der Waals surface area contributed by atoms with Gasteiger partial charge >= 0.3 is 5.97 Å². The van der Waals surface area contributed by atoms with Gasteiger partial charge in [0.1, 0.15) is 0 Å². The van der Waals surface area contributed by atoms with Crippen LogP contribution in [0.25, 0.3) is 0 Å². The van der Waals surface area contributed by atoms with E-state index in [2.05, 4.69) is 11.4 Å². The van der Waals surface area contributed by atoms with Crippen molar-refractivity contribution in [2.75, 3.05) is 6.61 Å². The van der Waals surface area contributed by atoms with Crippen LogP contribution in [-0.4, -0.2) is 18.5 Å². The number of esters is 1. The van der Waals surface area contributed by atoms with Gasteiger partial charge in [0.25, 0.3) is 5.91 Å². The second-order valence-electron chi connectivity index (χ2n) is 4.45. The lowest BCUT2D eigenvalue weighted by atomic mass is 9.95. The van der Waals surface area contributed by atoms with Crippen LogP contribution >= 0.6 is 11.3 Å². The Morgan fingerprint density at radius 1 is 1.42 bits per heavy atom. The molecule has 1 atom stereocenters. The molecule has 1 aliphatic carbocycles. The van der Waals surface area contributed by atoms with E-state index in [1.807, 2.05) is 23.6 Å². The lowest BCUT2D eigenvalue weighted by Gasteiger charge is -2.16. The molecule has 2 rings (SSSR count). The van der Waals surface area contributed by atoms with Gasteiger partial charge in [-0.05, 0) is 30.7 Å². The highest BCUT2D eigenvalue weighted by Crippen LogP contribution is 2.19. The molecular formula is C14H17NO3S. The van der Waals surface area contributed by atoms with E-state index in [9.17, 15) is 9.59 Å². The smallest absolute Gasteiger partial charge is 0.309 e. The van der Waals surface area contributed by atoms with Crippen molar-refractivity contribution in [3.05, 3.63) is 34.5 Å². The standard InChI is InChI=1S/C14H17NO3S/c16-13(15-9-12-7-4-8-19-12)10-18-14(17)11-5-2-1-3-6-11/h1-2,4,7-8,11H,3,5-6,9-10H2,(H,15,16)/t11-/m1/s1. The number of amides is 1. The Labute approximate surface area is 116 Å². The normalized spacial score (nSPS) is 18.0. The first kappa shape index (κ1) is 13.8. The van der Waals surface area contributed by atoms with E-state index in [0.29, 0.717) is 6.54 Å². The van der Waals surface area contributed by atoms with E-state index in [4.69, 9.17) is 4.74 Å². The lowest BCUT2D eigenvalue weighted by Crippen LogP contribution is -2.30. The summed E-state index contributed by atoms with van der Waals surface area (Å²) < 4.78 is 5.03. The summed E-state index contributed by atoms with van der Waals surface area (Å²) in [5.74, 6) is -0.612. The Kier molecular flexibility index (Phi) is 5.15. The van der Waals surface area contributed by atoms with Gasteiger partial charge in [0.15, 0.2) is 6.61 Å². The van der Waals surface area contributed by atoms with Gasteiger partial charge < -0.3 is 10.1 Å². The monoisotopic (exact) mass is 279 g/mol. The first-order chi connectivity index (χ1) is 9.25. The lowest BCUT2D eigenvalue weighted by molar-refractivity contribution is -0.152. The van der Waals surface area contributed by atoms with Gasteiger partial charge in [0.2, 0.25) is 0 Å². The summed E-state index contributed by atoms with van der Waals surface area (Å²) in [7, 11) is 0. The fourth-order valence-electron chi connectivity index (χ4n) is 1.91. The maximum absolute atomic E-state index is 11.7. The maximum Gasteiger partial charge on any atom is 0.309 e. The van der Waals surface area contributed by atoms with Crippen LogP contribution in [0.5, 0.6) is 0 Å². The summed E-state index contributed by atoms with van der Waals surface area (Å²) in [6, 6.07) is 3.88. The molecule has 102 valence electrons. The van der Waals surface area contributed by atoms with Crippen LogP contribution < -0.4 is 5.32 Å². The average Bonchev–Trinajstić information content (AvgIpc) is 2.96. The predicted molar refractivity (Wildman–Crippen MR) is 73.6 cm³/mol. The number of rotatable bonds is 5. The predicted octanol–water partition coefficient (Wildman–Crippen LogP) is 2.26. The number of hydrogen-bond donors (Lipinski definition) is 1. The molecule has 1 N–H and O–H groups in total. The molecule has 1 heterocycles. The van der Waals surface area contributed by atoms with E-state index in [1.54, 1.807) is 11.3 Å². The quantitative estimate of drug-likeness (QED) is 0.664. The first-order valence-corrected chi connectivity index (χ1v) is 7.24. The molecule has 0 saturated heterocycles. The molecule has 1 aromatic rings. The molecule has 0 saturated carbocycles. The molecule has 4 nitrogen and oxygen atoms in total. The van der Waals surface area contributed by atoms with E-state index < -0.39 is 0 Å². The summed E-state index contributed by atoms with van der Waals surface area (Å²) in [5.41, 5.74) is 0. The van der Waals surface area contributed by atoms with Crippen molar-refractivity contribution in [1.82, 2.24) is 5.32 Å². The molecule has 0 unspecified atom stereocenters. The zero-order valence-corrected chi connectivity index (χ0v) is 11.4. The van der Waals surface area contributed by atoms with Crippen LogP contribution in [0.15, 0.2) is 29.7 Å². The Morgan fingerprint density at radius 2 is 2.32 bits per heavy atom. The second-order valence-corrected chi connectivity index (χ2v) is 5.48. The Balaban J connectivity index is 1.65. The summed E-state index contributed by atoms with van der Waals surface area (Å²) in [6.07, 6.45) is 6.50. The van der Waals surface area contributed by atoms with Crippen molar-refractivity contribution in [2.45, 2.75) is 25.8 Å². The number of thiophene rings is 1. The highest BCUT2D eigenvalue weighted by molar-refractivity contribution is 7.09. The Morgan fingerprint density at radius 3 is 3.00 bits per heavy atom. The van der Waals surface area contributed by atoms with Crippen LogP contribution in [0.1, 0.15) is 24.1 Å². The van der Waals surface area contributed by atoms with Gasteiger partial charge in [-0.25, -0.2) is 0 Å². The van der Waals surface area contributed by atoms with Crippen LogP contribution in [0.3, 0.4) is 0 Å². The van der Waals surface area contributed by atoms with Crippen LogP contribution in [-0.2, 0) is 20.9 Å². The second kappa shape index (κ2) is 7.09. The van der Waals surface area contributed by atoms with Crippen molar-refractivity contribution in [3.63, 3.8) is 0 Å². The van der Waals surface area contributed by atoms with Gasteiger partial charge in [0.05, 0.1) is 12.5 Å². The van der Waals surface area contributed by atoms with E-state index >= 15 is 0 Å². The van der Waals surface area contributed by atoms with Crippen LogP contribution in [0.2, 0.25) is 0 Å². The third-order valence-electron chi connectivity index (χ3n) is 2.99. The molecule has 1 amide bonds. The average molecular weight is 279 g/mol. The summed E-state index contributed by atoms with van der Waals surface area (Å²) in [5, 5.41) is 4.68. The first-order valence-electron chi connectivity index (χ1n) is 6.36. The van der Waals surface area contributed by atoms with Crippen molar-refractivity contribution < 1.29 is 14.3 Å². The van der Waals surface area contributed by atoms with Crippen molar-refractivity contribution in [1.29, 1.82) is 0 Å². The molecule has 0 aliphatic heterocycles. The molecule has 0 fully saturated rings. The number of nitrogens with one attached hydrogen (secondary N) is 1. The zero-order valence-electron chi connectivity index (χ0n) is 10.6.